The van der Waals surface area contributed by atoms with Gasteiger partial charge in [0.05, 0.1) is 11.3 Å². The number of carbonyl (C=O) groups is 1. The van der Waals surface area contributed by atoms with E-state index in [-0.39, 0.29) is 18.1 Å². The maximum absolute atomic E-state index is 13.4. The van der Waals surface area contributed by atoms with Crippen LogP contribution in [0.15, 0.2) is 47.4 Å². The van der Waals surface area contributed by atoms with Crippen molar-refractivity contribution in [3.05, 3.63) is 59.4 Å². The van der Waals surface area contributed by atoms with Crippen LogP contribution in [0.5, 0.6) is 0 Å². The van der Waals surface area contributed by atoms with E-state index in [1.54, 1.807) is 35.2 Å². The maximum Gasteiger partial charge on any atom is 0.243 e. The monoisotopic (exact) mass is 402 g/mol. The van der Waals surface area contributed by atoms with Crippen molar-refractivity contribution >= 4 is 21.6 Å². The third-order valence-corrected chi connectivity index (χ3v) is 7.31. The van der Waals surface area contributed by atoms with Crippen LogP contribution >= 0.6 is 0 Å². The normalized spacial score (nSPS) is 17.5. The summed E-state index contributed by atoms with van der Waals surface area (Å²) in [6, 6.07) is 11.1. The molecule has 2 aliphatic heterocycles. The minimum atomic E-state index is -3.48. The Bertz CT molecular complexity index is 1000. The fourth-order valence-electron chi connectivity index (χ4n) is 3.99. The zero-order valence-electron chi connectivity index (χ0n) is 15.6. The van der Waals surface area contributed by atoms with Crippen molar-refractivity contribution in [2.24, 2.45) is 0 Å². The third-order valence-electron chi connectivity index (χ3n) is 5.42. The first kappa shape index (κ1) is 19.1. The summed E-state index contributed by atoms with van der Waals surface area (Å²) < 4.78 is 40.6. The summed E-state index contributed by atoms with van der Waals surface area (Å²) in [6.45, 7) is 1.72. The number of aryl methyl sites for hydroxylation is 1. The molecule has 1 saturated heterocycles. The fourth-order valence-corrected chi connectivity index (χ4v) is 5.56. The van der Waals surface area contributed by atoms with E-state index in [1.807, 2.05) is 0 Å². The molecule has 2 aromatic carbocycles. The number of halogens is 1. The van der Waals surface area contributed by atoms with E-state index in [9.17, 15) is 17.6 Å². The molecule has 28 heavy (non-hydrogen) atoms. The molecule has 0 unspecified atom stereocenters. The molecular weight excluding hydrogens is 379 g/mol. The Morgan fingerprint density at radius 3 is 2.54 bits per heavy atom. The summed E-state index contributed by atoms with van der Waals surface area (Å²) >= 11 is 0. The van der Waals surface area contributed by atoms with Crippen molar-refractivity contribution in [3.63, 3.8) is 0 Å². The lowest BCUT2D eigenvalue weighted by molar-refractivity contribution is -0.118. The highest BCUT2D eigenvalue weighted by molar-refractivity contribution is 7.89. The first-order chi connectivity index (χ1) is 13.4. The fraction of sp³-hybridized carbons (Fsp3) is 0.381. The number of nitrogens with zero attached hydrogens (tertiary/aromatic N) is 2. The quantitative estimate of drug-likeness (QED) is 0.790. The molecule has 0 bridgehead atoms. The molecule has 0 saturated carbocycles. The molecule has 0 aromatic heterocycles. The molecule has 0 spiro atoms. The molecule has 0 atom stereocenters. The van der Waals surface area contributed by atoms with E-state index in [2.05, 4.69) is 0 Å². The average molecular weight is 402 g/mol. The van der Waals surface area contributed by atoms with E-state index in [4.69, 9.17) is 0 Å². The highest BCUT2D eigenvalue weighted by Crippen LogP contribution is 2.31. The van der Waals surface area contributed by atoms with E-state index < -0.39 is 10.0 Å². The van der Waals surface area contributed by atoms with Gasteiger partial charge in [0.1, 0.15) is 5.82 Å². The molecule has 0 radical (unpaired) electrons. The second-order valence-electron chi connectivity index (χ2n) is 7.36. The van der Waals surface area contributed by atoms with Gasteiger partial charge in [-0.3, -0.25) is 4.79 Å². The van der Waals surface area contributed by atoms with Gasteiger partial charge in [0.2, 0.25) is 15.9 Å². The minimum Gasteiger partial charge on any atom is -0.312 e. The van der Waals surface area contributed by atoms with Crippen molar-refractivity contribution in [1.29, 1.82) is 0 Å². The number of hydrogen-bond donors (Lipinski definition) is 0. The number of benzene rings is 2. The molecule has 7 heteroatoms. The second-order valence-corrected chi connectivity index (χ2v) is 9.30. The Morgan fingerprint density at radius 1 is 1.00 bits per heavy atom. The van der Waals surface area contributed by atoms with Crippen LogP contribution in [0.3, 0.4) is 0 Å². The molecule has 2 aliphatic rings. The molecule has 2 aromatic rings. The number of fused-ring (bicyclic) bond motifs is 1. The topological polar surface area (TPSA) is 57.7 Å². The lowest BCUT2D eigenvalue weighted by Gasteiger charge is -2.30. The Hall–Kier alpha value is -2.25. The first-order valence-electron chi connectivity index (χ1n) is 9.63. The van der Waals surface area contributed by atoms with Gasteiger partial charge in [-0.05, 0) is 67.1 Å². The predicted octanol–water partition coefficient (Wildman–Crippen LogP) is 3.13. The van der Waals surface area contributed by atoms with Crippen LogP contribution in [-0.2, 0) is 27.7 Å². The van der Waals surface area contributed by atoms with Gasteiger partial charge >= 0.3 is 0 Å². The van der Waals surface area contributed by atoms with Gasteiger partial charge in [0, 0.05) is 25.3 Å². The molecule has 2 heterocycles. The van der Waals surface area contributed by atoms with E-state index in [0.29, 0.717) is 30.1 Å². The number of anilines is 1. The van der Waals surface area contributed by atoms with Gasteiger partial charge in [0.15, 0.2) is 0 Å². The van der Waals surface area contributed by atoms with Gasteiger partial charge in [-0.2, -0.15) is 4.31 Å². The van der Waals surface area contributed by atoms with Crippen LogP contribution in [-0.4, -0.2) is 38.3 Å². The molecule has 0 N–H and O–H groups in total. The lowest BCUT2D eigenvalue weighted by atomic mass is 10.0. The lowest BCUT2D eigenvalue weighted by Crippen LogP contribution is -2.36. The molecule has 1 fully saturated rings. The summed E-state index contributed by atoms with van der Waals surface area (Å²) in [5.41, 5.74) is 2.26. The van der Waals surface area contributed by atoms with Crippen molar-refractivity contribution in [1.82, 2.24) is 4.31 Å². The number of sulfonamides is 1. The van der Waals surface area contributed by atoms with Gasteiger partial charge in [-0.1, -0.05) is 12.1 Å². The van der Waals surface area contributed by atoms with Gasteiger partial charge < -0.3 is 4.90 Å². The van der Waals surface area contributed by atoms with E-state index >= 15 is 0 Å². The summed E-state index contributed by atoms with van der Waals surface area (Å²) in [5.74, 6) is -0.470. The van der Waals surface area contributed by atoms with Gasteiger partial charge in [-0.25, -0.2) is 12.8 Å². The maximum atomic E-state index is 13.4. The predicted molar refractivity (Wildman–Crippen MR) is 105 cm³/mol. The smallest absolute Gasteiger partial charge is 0.243 e. The second kappa shape index (κ2) is 7.64. The Morgan fingerprint density at radius 2 is 1.79 bits per heavy atom. The highest BCUT2D eigenvalue weighted by Gasteiger charge is 2.29. The Balaban J connectivity index is 1.59. The summed E-state index contributed by atoms with van der Waals surface area (Å²) in [7, 11) is -3.48. The van der Waals surface area contributed by atoms with Gasteiger partial charge in [-0.15, -0.1) is 0 Å². The largest absolute Gasteiger partial charge is 0.312 e. The minimum absolute atomic E-state index is 0.110. The highest BCUT2D eigenvalue weighted by atomic mass is 32.2. The van der Waals surface area contributed by atoms with E-state index in [0.717, 1.165) is 36.9 Å². The molecule has 5 nitrogen and oxygen atoms in total. The number of hydrogen-bond acceptors (Lipinski definition) is 3. The van der Waals surface area contributed by atoms with Crippen molar-refractivity contribution < 1.29 is 17.6 Å². The van der Waals surface area contributed by atoms with Gasteiger partial charge in [0.25, 0.3) is 0 Å². The summed E-state index contributed by atoms with van der Waals surface area (Å²) in [5, 5.41) is 0. The van der Waals surface area contributed by atoms with Crippen LogP contribution in [0.4, 0.5) is 10.1 Å². The Labute approximate surface area is 164 Å². The molecule has 1 amide bonds. The van der Waals surface area contributed by atoms with Crippen molar-refractivity contribution in [3.8, 4) is 0 Å². The summed E-state index contributed by atoms with van der Waals surface area (Å²) in [6.07, 6.45) is 3.42. The van der Waals surface area contributed by atoms with Crippen LogP contribution < -0.4 is 4.90 Å². The van der Waals surface area contributed by atoms with Crippen LogP contribution in [0, 0.1) is 5.82 Å². The molecule has 4 rings (SSSR count). The molecular formula is C21H23FN2O3S. The van der Waals surface area contributed by atoms with Crippen LogP contribution in [0.1, 0.15) is 30.4 Å². The first-order valence-corrected chi connectivity index (χ1v) is 11.1. The Kier molecular flexibility index (Phi) is 5.21. The molecule has 148 valence electrons. The summed E-state index contributed by atoms with van der Waals surface area (Å²) in [4.78, 5) is 14.8. The van der Waals surface area contributed by atoms with Crippen LogP contribution in [0.2, 0.25) is 0 Å². The average Bonchev–Trinajstić information content (AvgIpc) is 3.22. The SMILES string of the molecule is O=C(Cc1cccc(F)c1)N1CCCc2cc(S(=O)(=O)N3CCCC3)ccc21. The number of rotatable bonds is 4. The van der Waals surface area contributed by atoms with Crippen molar-refractivity contribution in [2.75, 3.05) is 24.5 Å². The van der Waals surface area contributed by atoms with Crippen LogP contribution in [0.25, 0.3) is 0 Å². The third kappa shape index (κ3) is 3.69. The standard InChI is InChI=1S/C21H23FN2O3S/c22-18-7-3-5-16(13-18)14-21(25)24-12-4-6-17-15-19(8-9-20(17)24)28(26,27)23-10-1-2-11-23/h3,5,7-9,13,15H,1-2,4,6,10-12,14H2. The zero-order valence-corrected chi connectivity index (χ0v) is 16.4. The van der Waals surface area contributed by atoms with Crippen molar-refractivity contribution in [2.45, 2.75) is 37.0 Å². The number of amides is 1. The zero-order chi connectivity index (χ0) is 19.7. The van der Waals surface area contributed by atoms with E-state index in [1.165, 1.54) is 16.4 Å². The molecule has 0 aliphatic carbocycles. The number of carbonyl (C=O) groups excluding carboxylic acids is 1.